The van der Waals surface area contributed by atoms with Crippen LogP contribution in [0, 0.1) is 11.8 Å². The van der Waals surface area contributed by atoms with Gasteiger partial charge in [-0.2, -0.15) is 0 Å². The zero-order valence-electron chi connectivity index (χ0n) is 8.53. The van der Waals surface area contributed by atoms with Crippen molar-refractivity contribution in [1.29, 1.82) is 0 Å². The van der Waals surface area contributed by atoms with Crippen molar-refractivity contribution < 1.29 is 9.84 Å². The van der Waals surface area contributed by atoms with Gasteiger partial charge in [0.2, 0.25) is 0 Å². The van der Waals surface area contributed by atoms with Crippen LogP contribution in [0.2, 0.25) is 0 Å². The molecule has 1 aliphatic carbocycles. The van der Waals surface area contributed by atoms with Gasteiger partial charge in [-0.05, 0) is 46.8 Å². The Morgan fingerprint density at radius 3 is 2.73 bits per heavy atom. The smallest absolute Gasteiger partial charge is 0.133 e. The molecule has 2 rings (SSSR count). The molecule has 1 aromatic rings. The van der Waals surface area contributed by atoms with E-state index in [1.165, 1.54) is 12.8 Å². The van der Waals surface area contributed by atoms with E-state index in [-0.39, 0.29) is 6.61 Å². The maximum Gasteiger partial charge on any atom is 0.133 e. The minimum absolute atomic E-state index is 0.231. The molecule has 0 aromatic heterocycles. The fourth-order valence-electron chi connectivity index (χ4n) is 1.66. The molecule has 0 radical (unpaired) electrons. The van der Waals surface area contributed by atoms with Gasteiger partial charge < -0.3 is 9.84 Å². The van der Waals surface area contributed by atoms with Crippen LogP contribution in [0.25, 0.3) is 0 Å². The third-order valence-corrected chi connectivity index (χ3v) is 3.47. The predicted octanol–water partition coefficient (Wildman–Crippen LogP) is 2.85. The Kier molecular flexibility index (Phi) is 3.65. The molecular formula is C12H15BrO2. The van der Waals surface area contributed by atoms with Crippen LogP contribution in [-0.2, 0) is 0 Å². The van der Waals surface area contributed by atoms with E-state index >= 15 is 0 Å². The summed E-state index contributed by atoms with van der Waals surface area (Å²) in [6.45, 7) is 0.846. The first-order valence-corrected chi connectivity index (χ1v) is 6.08. The molecule has 2 nitrogen and oxygen atoms in total. The number of para-hydroxylation sites is 1. The molecule has 15 heavy (non-hydrogen) atoms. The second-order valence-corrected chi connectivity index (χ2v) is 4.88. The Morgan fingerprint density at radius 2 is 2.13 bits per heavy atom. The Hall–Kier alpha value is -0.540. The summed E-state index contributed by atoms with van der Waals surface area (Å²) in [7, 11) is 0. The van der Waals surface area contributed by atoms with Gasteiger partial charge in [-0.15, -0.1) is 0 Å². The molecule has 1 unspecified atom stereocenters. The summed E-state index contributed by atoms with van der Waals surface area (Å²) in [5.41, 5.74) is 0. The minimum atomic E-state index is 0.231. The summed E-state index contributed by atoms with van der Waals surface area (Å²) >= 11 is 3.43. The van der Waals surface area contributed by atoms with Crippen molar-refractivity contribution in [3.8, 4) is 5.75 Å². The molecule has 0 heterocycles. The normalized spacial score (nSPS) is 17.5. The van der Waals surface area contributed by atoms with Crippen LogP contribution in [0.3, 0.4) is 0 Å². The molecule has 0 bridgehead atoms. The summed E-state index contributed by atoms with van der Waals surface area (Å²) in [6.07, 6.45) is 2.48. The van der Waals surface area contributed by atoms with Crippen molar-refractivity contribution in [2.45, 2.75) is 12.8 Å². The number of benzene rings is 1. The Labute approximate surface area is 98.4 Å². The van der Waals surface area contributed by atoms with Crippen molar-refractivity contribution in [3.63, 3.8) is 0 Å². The molecule has 1 N–H and O–H groups in total. The first-order valence-electron chi connectivity index (χ1n) is 5.29. The summed E-state index contributed by atoms with van der Waals surface area (Å²) in [4.78, 5) is 0. The third kappa shape index (κ3) is 2.95. The third-order valence-electron chi connectivity index (χ3n) is 2.81. The number of aliphatic hydroxyl groups excluding tert-OH is 1. The second kappa shape index (κ2) is 4.99. The molecular weight excluding hydrogens is 256 g/mol. The predicted molar refractivity (Wildman–Crippen MR) is 62.9 cm³/mol. The van der Waals surface area contributed by atoms with E-state index in [0.717, 1.165) is 10.2 Å². The van der Waals surface area contributed by atoms with E-state index in [1.54, 1.807) is 0 Å². The van der Waals surface area contributed by atoms with Gasteiger partial charge in [0.25, 0.3) is 0 Å². The van der Waals surface area contributed by atoms with Crippen LogP contribution in [0.1, 0.15) is 12.8 Å². The highest BCUT2D eigenvalue weighted by Gasteiger charge is 2.31. The van der Waals surface area contributed by atoms with Gasteiger partial charge in [-0.3, -0.25) is 0 Å². The van der Waals surface area contributed by atoms with E-state index in [4.69, 9.17) is 4.74 Å². The number of aliphatic hydroxyl groups is 1. The maximum atomic E-state index is 9.19. The van der Waals surface area contributed by atoms with E-state index in [2.05, 4.69) is 15.9 Å². The molecule has 82 valence electrons. The lowest BCUT2D eigenvalue weighted by Gasteiger charge is -2.15. The molecule has 0 amide bonds. The van der Waals surface area contributed by atoms with Crippen LogP contribution in [0.4, 0.5) is 0 Å². The quantitative estimate of drug-likeness (QED) is 0.892. The highest BCUT2D eigenvalue weighted by atomic mass is 79.9. The molecule has 1 aliphatic rings. The first kappa shape index (κ1) is 11.0. The number of hydrogen-bond donors (Lipinski definition) is 1. The lowest BCUT2D eigenvalue weighted by atomic mass is 10.1. The average Bonchev–Trinajstić information content (AvgIpc) is 3.06. The molecule has 1 aromatic carbocycles. The van der Waals surface area contributed by atoms with Gasteiger partial charge >= 0.3 is 0 Å². The van der Waals surface area contributed by atoms with Gasteiger partial charge in [0.05, 0.1) is 11.1 Å². The van der Waals surface area contributed by atoms with Crippen LogP contribution >= 0.6 is 15.9 Å². The van der Waals surface area contributed by atoms with Gasteiger partial charge in [0.1, 0.15) is 5.75 Å². The lowest BCUT2D eigenvalue weighted by Crippen LogP contribution is -2.18. The zero-order valence-corrected chi connectivity index (χ0v) is 10.1. The molecule has 0 aliphatic heterocycles. The van der Waals surface area contributed by atoms with Crippen molar-refractivity contribution >= 4 is 15.9 Å². The fourth-order valence-corrected chi connectivity index (χ4v) is 2.06. The summed E-state index contributed by atoms with van der Waals surface area (Å²) in [5.74, 6) is 1.84. The molecule has 0 saturated heterocycles. The van der Waals surface area contributed by atoms with Gasteiger partial charge in [-0.25, -0.2) is 0 Å². The summed E-state index contributed by atoms with van der Waals surface area (Å²) < 4.78 is 6.65. The van der Waals surface area contributed by atoms with Gasteiger partial charge in [0, 0.05) is 12.5 Å². The Morgan fingerprint density at radius 1 is 1.40 bits per heavy atom. The summed E-state index contributed by atoms with van der Waals surface area (Å²) in [5, 5.41) is 9.19. The summed E-state index contributed by atoms with van der Waals surface area (Å²) in [6, 6.07) is 7.80. The van der Waals surface area contributed by atoms with Crippen LogP contribution in [0.15, 0.2) is 28.7 Å². The topological polar surface area (TPSA) is 29.5 Å². The fraction of sp³-hybridized carbons (Fsp3) is 0.500. The highest BCUT2D eigenvalue weighted by molar-refractivity contribution is 9.10. The number of hydrogen-bond acceptors (Lipinski definition) is 2. The van der Waals surface area contributed by atoms with Gasteiger partial charge in [-0.1, -0.05) is 12.1 Å². The van der Waals surface area contributed by atoms with Crippen molar-refractivity contribution in [1.82, 2.24) is 0 Å². The molecule has 0 spiro atoms. The number of rotatable bonds is 5. The van der Waals surface area contributed by atoms with Crippen molar-refractivity contribution in [2.75, 3.05) is 13.2 Å². The van der Waals surface area contributed by atoms with Crippen LogP contribution < -0.4 is 4.74 Å². The van der Waals surface area contributed by atoms with Crippen LogP contribution in [0.5, 0.6) is 5.75 Å². The Balaban J connectivity index is 1.89. The SMILES string of the molecule is OCC(COc1ccccc1Br)C1CC1. The maximum absolute atomic E-state index is 9.19. The van der Waals surface area contributed by atoms with E-state index in [0.29, 0.717) is 18.4 Å². The van der Waals surface area contributed by atoms with Crippen LogP contribution in [-0.4, -0.2) is 18.3 Å². The average molecular weight is 271 g/mol. The van der Waals surface area contributed by atoms with E-state index in [9.17, 15) is 5.11 Å². The Bertz CT molecular complexity index is 323. The highest BCUT2D eigenvalue weighted by Crippen LogP contribution is 2.37. The number of ether oxygens (including phenoxy) is 1. The lowest BCUT2D eigenvalue weighted by molar-refractivity contribution is 0.147. The number of halogens is 1. The largest absolute Gasteiger partial charge is 0.492 e. The van der Waals surface area contributed by atoms with Gasteiger partial charge in [0.15, 0.2) is 0 Å². The zero-order chi connectivity index (χ0) is 10.7. The second-order valence-electron chi connectivity index (χ2n) is 4.02. The van der Waals surface area contributed by atoms with Crippen molar-refractivity contribution in [3.05, 3.63) is 28.7 Å². The first-order chi connectivity index (χ1) is 7.31. The molecule has 1 fully saturated rings. The molecule has 1 atom stereocenters. The molecule has 3 heteroatoms. The molecule has 1 saturated carbocycles. The van der Waals surface area contributed by atoms with E-state index < -0.39 is 0 Å². The van der Waals surface area contributed by atoms with Crippen molar-refractivity contribution in [2.24, 2.45) is 11.8 Å². The minimum Gasteiger partial charge on any atom is -0.492 e. The van der Waals surface area contributed by atoms with E-state index in [1.807, 2.05) is 24.3 Å². The standard InChI is InChI=1S/C12H15BrO2/c13-11-3-1-2-4-12(11)15-8-10(7-14)9-5-6-9/h1-4,9-10,14H,5-8H2. The monoisotopic (exact) mass is 270 g/mol.